The smallest absolute Gasteiger partial charge is 0.401 e. The molecule has 2 rings (SSSR count). The molecule has 0 amide bonds. The highest BCUT2D eigenvalue weighted by molar-refractivity contribution is 9.11. The van der Waals surface area contributed by atoms with Gasteiger partial charge in [0, 0.05) is 6.54 Å². The quantitative estimate of drug-likeness (QED) is 0.828. The van der Waals surface area contributed by atoms with Crippen molar-refractivity contribution < 1.29 is 22.7 Å². The molecule has 2 heterocycles. The van der Waals surface area contributed by atoms with Gasteiger partial charge in [0.25, 0.3) is 5.89 Å². The number of halogens is 4. The lowest BCUT2D eigenvalue weighted by atomic mass is 10.4. The van der Waals surface area contributed by atoms with Crippen molar-refractivity contribution in [2.45, 2.75) is 12.7 Å². The molecular weight excluding hydrogens is 375 g/mol. The third-order valence-electron chi connectivity index (χ3n) is 2.43. The number of hydrogen-bond acceptors (Lipinski definition) is 6. The number of thiophene rings is 1. The summed E-state index contributed by atoms with van der Waals surface area (Å²) in [4.78, 5) is 1.73. The fourth-order valence-corrected chi connectivity index (χ4v) is 2.95. The van der Waals surface area contributed by atoms with Gasteiger partial charge in [-0.25, -0.2) is 0 Å². The van der Waals surface area contributed by atoms with Gasteiger partial charge in [0.05, 0.1) is 28.4 Å². The van der Waals surface area contributed by atoms with E-state index < -0.39 is 12.7 Å². The van der Waals surface area contributed by atoms with E-state index in [2.05, 4.69) is 26.1 Å². The fourth-order valence-electron chi connectivity index (χ4n) is 1.65. The zero-order valence-electron chi connectivity index (χ0n) is 10.6. The normalized spacial score (nSPS) is 12.3. The van der Waals surface area contributed by atoms with Crippen LogP contribution in [0.2, 0.25) is 0 Å². The summed E-state index contributed by atoms with van der Waals surface area (Å²) in [5.41, 5.74) is 0. The van der Waals surface area contributed by atoms with Gasteiger partial charge in [0.2, 0.25) is 5.89 Å². The van der Waals surface area contributed by atoms with E-state index in [1.165, 1.54) is 11.3 Å². The molecule has 1 N–H and O–H groups in total. The van der Waals surface area contributed by atoms with Crippen LogP contribution in [0.4, 0.5) is 13.2 Å². The highest BCUT2D eigenvalue weighted by atomic mass is 79.9. The monoisotopic (exact) mass is 385 g/mol. The van der Waals surface area contributed by atoms with Gasteiger partial charge in [-0.3, -0.25) is 4.90 Å². The second-order valence-electron chi connectivity index (χ2n) is 4.15. The molecule has 0 fully saturated rings. The van der Waals surface area contributed by atoms with Crippen molar-refractivity contribution in [2.75, 3.05) is 19.7 Å². The molecule has 2 aromatic heterocycles. The molecule has 0 atom stereocenters. The van der Waals surface area contributed by atoms with E-state index in [0.717, 1.165) is 13.6 Å². The summed E-state index contributed by atoms with van der Waals surface area (Å²) < 4.78 is 43.5. The van der Waals surface area contributed by atoms with Gasteiger partial charge < -0.3 is 9.52 Å². The predicted octanol–water partition coefficient (Wildman–Crippen LogP) is 2.92. The van der Waals surface area contributed by atoms with Gasteiger partial charge in [0.1, 0.15) is 0 Å². The van der Waals surface area contributed by atoms with Crippen molar-refractivity contribution in [3.63, 3.8) is 0 Å². The van der Waals surface area contributed by atoms with Crippen LogP contribution < -0.4 is 0 Å². The average Bonchev–Trinajstić information content (AvgIpc) is 2.96. The van der Waals surface area contributed by atoms with Crippen molar-refractivity contribution in [2.24, 2.45) is 0 Å². The van der Waals surface area contributed by atoms with Crippen LogP contribution >= 0.6 is 27.3 Å². The Labute approximate surface area is 130 Å². The Morgan fingerprint density at radius 1 is 1.33 bits per heavy atom. The summed E-state index contributed by atoms with van der Waals surface area (Å²) in [5.74, 6) is 0.337. The molecule has 10 heteroatoms. The maximum atomic E-state index is 12.4. The maximum absolute atomic E-state index is 12.4. The molecule has 0 saturated heterocycles. The van der Waals surface area contributed by atoms with E-state index in [9.17, 15) is 13.2 Å². The molecule has 5 nitrogen and oxygen atoms in total. The lowest BCUT2D eigenvalue weighted by molar-refractivity contribution is -0.148. The third-order valence-corrected chi connectivity index (χ3v) is 4.04. The number of aliphatic hydroxyl groups is 1. The Morgan fingerprint density at radius 3 is 2.67 bits per heavy atom. The van der Waals surface area contributed by atoms with Crippen LogP contribution in [0.3, 0.4) is 0 Å². The zero-order valence-corrected chi connectivity index (χ0v) is 13.0. The van der Waals surface area contributed by atoms with Crippen LogP contribution in [0.15, 0.2) is 20.3 Å². The van der Waals surface area contributed by atoms with Crippen LogP contribution in [0, 0.1) is 0 Å². The molecule has 0 saturated carbocycles. The van der Waals surface area contributed by atoms with Crippen molar-refractivity contribution >= 4 is 27.3 Å². The summed E-state index contributed by atoms with van der Waals surface area (Å²) in [7, 11) is 0. The Balaban J connectivity index is 2.06. The van der Waals surface area contributed by atoms with Crippen molar-refractivity contribution in [3.05, 3.63) is 21.8 Å². The van der Waals surface area contributed by atoms with Crippen molar-refractivity contribution in [3.8, 4) is 10.8 Å². The number of aliphatic hydroxyl groups excluding tert-OH is 1. The minimum Gasteiger partial charge on any atom is -0.419 e. The summed E-state index contributed by atoms with van der Waals surface area (Å²) in [6.45, 7) is -1.81. The molecule has 0 aliphatic carbocycles. The number of hydrogen-bond donors (Lipinski definition) is 1. The van der Waals surface area contributed by atoms with Gasteiger partial charge in [-0.05, 0) is 28.1 Å². The Hall–Kier alpha value is -0.970. The lowest BCUT2D eigenvalue weighted by Crippen LogP contribution is -2.35. The Kier molecular flexibility index (Phi) is 5.36. The number of alkyl halides is 3. The molecule has 0 unspecified atom stereocenters. The predicted molar refractivity (Wildman–Crippen MR) is 73.7 cm³/mol. The van der Waals surface area contributed by atoms with Gasteiger partial charge in [-0.15, -0.1) is 21.5 Å². The number of rotatable bonds is 6. The molecule has 21 heavy (non-hydrogen) atoms. The van der Waals surface area contributed by atoms with E-state index in [-0.39, 0.29) is 31.5 Å². The maximum Gasteiger partial charge on any atom is 0.401 e. The van der Waals surface area contributed by atoms with Crippen molar-refractivity contribution in [1.29, 1.82) is 0 Å². The molecule has 2 aromatic rings. The number of nitrogens with zero attached hydrogens (tertiary/aromatic N) is 3. The highest BCUT2D eigenvalue weighted by Crippen LogP contribution is 2.30. The zero-order chi connectivity index (χ0) is 15.5. The number of aromatic nitrogens is 2. The fraction of sp³-hybridized carbons (Fsp3) is 0.455. The minimum atomic E-state index is -4.35. The first-order valence-corrected chi connectivity index (χ1v) is 7.46. The second kappa shape index (κ2) is 6.86. The Morgan fingerprint density at radius 2 is 2.10 bits per heavy atom. The van der Waals surface area contributed by atoms with E-state index in [1.807, 2.05) is 6.07 Å². The van der Waals surface area contributed by atoms with E-state index in [4.69, 9.17) is 9.52 Å². The van der Waals surface area contributed by atoms with Crippen LogP contribution in [0.1, 0.15) is 5.89 Å². The highest BCUT2D eigenvalue weighted by Gasteiger charge is 2.31. The van der Waals surface area contributed by atoms with Gasteiger partial charge >= 0.3 is 6.18 Å². The topological polar surface area (TPSA) is 62.4 Å². The van der Waals surface area contributed by atoms with E-state index in [1.54, 1.807) is 6.07 Å². The Bertz CT molecular complexity index is 587. The molecule has 0 aliphatic heterocycles. The summed E-state index contributed by atoms with van der Waals surface area (Å²) in [6.07, 6.45) is -4.35. The average molecular weight is 386 g/mol. The first-order valence-electron chi connectivity index (χ1n) is 5.85. The molecule has 0 aromatic carbocycles. The molecule has 0 spiro atoms. The minimum absolute atomic E-state index is 0.0761. The van der Waals surface area contributed by atoms with Gasteiger partial charge in [-0.1, -0.05) is 0 Å². The first kappa shape index (κ1) is 16.4. The van der Waals surface area contributed by atoms with E-state index >= 15 is 0 Å². The molecule has 0 aliphatic rings. The van der Waals surface area contributed by atoms with E-state index in [0.29, 0.717) is 0 Å². The summed E-state index contributed by atoms with van der Waals surface area (Å²) in [5, 5.41) is 16.4. The van der Waals surface area contributed by atoms with Crippen LogP contribution in [-0.4, -0.2) is 46.1 Å². The van der Waals surface area contributed by atoms with Crippen LogP contribution in [0.25, 0.3) is 10.8 Å². The van der Waals surface area contributed by atoms with Gasteiger partial charge in [-0.2, -0.15) is 13.2 Å². The summed E-state index contributed by atoms with van der Waals surface area (Å²) in [6, 6.07) is 3.58. The van der Waals surface area contributed by atoms with Gasteiger partial charge in [0.15, 0.2) is 0 Å². The summed E-state index contributed by atoms with van der Waals surface area (Å²) >= 11 is 4.68. The standard InChI is InChI=1S/C11H11BrF3N3O2S/c12-8-2-1-7(21-8)10-17-16-9(20-10)5-18(3-4-19)6-11(13,14)15/h1-2,19H,3-6H2. The lowest BCUT2D eigenvalue weighted by Gasteiger charge is -2.20. The van der Waals surface area contributed by atoms with Crippen molar-refractivity contribution in [1.82, 2.24) is 15.1 Å². The molecular formula is C11H11BrF3N3O2S. The molecule has 0 bridgehead atoms. The molecule has 116 valence electrons. The molecule has 0 radical (unpaired) electrons. The first-order chi connectivity index (χ1) is 9.87. The van der Waals surface area contributed by atoms with Crippen LogP contribution in [0.5, 0.6) is 0 Å². The van der Waals surface area contributed by atoms with Crippen LogP contribution in [-0.2, 0) is 6.54 Å². The third kappa shape index (κ3) is 5.06. The largest absolute Gasteiger partial charge is 0.419 e. The SMILES string of the molecule is OCCN(Cc1nnc(-c2ccc(Br)s2)o1)CC(F)(F)F. The second-order valence-corrected chi connectivity index (χ2v) is 6.62.